The van der Waals surface area contributed by atoms with Crippen LogP contribution < -0.4 is 14.8 Å². The first-order chi connectivity index (χ1) is 16.1. The molecule has 0 spiro atoms. The van der Waals surface area contributed by atoms with Crippen LogP contribution in [0.2, 0.25) is 10.0 Å². The van der Waals surface area contributed by atoms with Crippen molar-refractivity contribution < 1.29 is 14.3 Å². The SMILES string of the molecule is O=C(Pc1ccc(OCc2ccccc2)cc1OCc1ccccc1)c1c(Cl)cccc1Cl.[LiH]. The molecule has 168 valence electrons. The average Bonchev–Trinajstić information content (AvgIpc) is 2.83. The van der Waals surface area contributed by atoms with E-state index in [1.54, 1.807) is 18.2 Å². The minimum absolute atomic E-state index is 0. The van der Waals surface area contributed by atoms with Crippen molar-refractivity contribution in [2.75, 3.05) is 0 Å². The fourth-order valence-electron chi connectivity index (χ4n) is 3.19. The molecule has 0 amide bonds. The zero-order valence-corrected chi connectivity index (χ0v) is 20.1. The summed E-state index contributed by atoms with van der Waals surface area (Å²) in [5, 5.41) is 1.45. The summed E-state index contributed by atoms with van der Waals surface area (Å²) in [4.78, 5) is 13.0. The van der Waals surface area contributed by atoms with E-state index in [1.807, 2.05) is 78.9 Å². The number of carbonyl (C=O) groups excluding carboxylic acids is 1. The molecule has 1 unspecified atom stereocenters. The van der Waals surface area contributed by atoms with Crippen molar-refractivity contribution in [1.29, 1.82) is 0 Å². The molecule has 0 heterocycles. The molecule has 0 aliphatic rings. The van der Waals surface area contributed by atoms with Gasteiger partial charge in [-0.05, 0) is 44.0 Å². The summed E-state index contributed by atoms with van der Waals surface area (Å²) in [6, 6.07) is 30.4. The van der Waals surface area contributed by atoms with E-state index in [0.29, 0.717) is 40.3 Å². The molecule has 0 aliphatic carbocycles. The van der Waals surface area contributed by atoms with Crippen LogP contribution in [0.1, 0.15) is 21.5 Å². The Morgan fingerprint density at radius 1 is 0.706 bits per heavy atom. The van der Waals surface area contributed by atoms with E-state index in [9.17, 15) is 4.79 Å². The number of hydrogen-bond acceptors (Lipinski definition) is 3. The zero-order valence-electron chi connectivity index (χ0n) is 17.6. The normalized spacial score (nSPS) is 10.6. The van der Waals surface area contributed by atoms with Gasteiger partial charge in [0.15, 0.2) is 5.52 Å². The molecule has 0 bridgehead atoms. The Hall–Kier alpha value is -2.24. The molecule has 3 nitrogen and oxygen atoms in total. The average molecular weight is 503 g/mol. The van der Waals surface area contributed by atoms with Gasteiger partial charge in [0.25, 0.3) is 0 Å². The fraction of sp³-hybridized carbons (Fsp3) is 0.0741. The molecule has 0 N–H and O–H groups in total. The molecule has 0 radical (unpaired) electrons. The number of carbonyl (C=O) groups is 1. The van der Waals surface area contributed by atoms with Crippen LogP contribution >= 0.6 is 31.8 Å². The van der Waals surface area contributed by atoms with Gasteiger partial charge >= 0.3 is 18.9 Å². The van der Waals surface area contributed by atoms with Crippen molar-refractivity contribution in [3.05, 3.63) is 124 Å². The molecule has 4 rings (SSSR count). The van der Waals surface area contributed by atoms with Crippen LogP contribution in [0.5, 0.6) is 11.5 Å². The molecule has 4 aromatic rings. The van der Waals surface area contributed by atoms with Gasteiger partial charge in [-0.2, -0.15) is 0 Å². The Kier molecular flexibility index (Phi) is 10.1. The Morgan fingerprint density at radius 2 is 1.26 bits per heavy atom. The number of halogens is 2. The maximum atomic E-state index is 13.0. The van der Waals surface area contributed by atoms with Crippen LogP contribution in [0.15, 0.2) is 97.1 Å². The van der Waals surface area contributed by atoms with Gasteiger partial charge in [-0.1, -0.05) is 89.9 Å². The van der Waals surface area contributed by atoms with Gasteiger partial charge < -0.3 is 9.47 Å². The van der Waals surface area contributed by atoms with Gasteiger partial charge in [0.2, 0.25) is 0 Å². The van der Waals surface area contributed by atoms with Crippen LogP contribution in [0.4, 0.5) is 0 Å². The molecule has 7 heteroatoms. The van der Waals surface area contributed by atoms with E-state index in [2.05, 4.69) is 0 Å². The summed E-state index contributed by atoms with van der Waals surface area (Å²) in [6.45, 7) is 0.816. The number of rotatable bonds is 9. The van der Waals surface area contributed by atoms with E-state index < -0.39 is 0 Å². The molecule has 34 heavy (non-hydrogen) atoms. The third-order valence-electron chi connectivity index (χ3n) is 4.88. The maximum absolute atomic E-state index is 13.0. The third kappa shape index (κ3) is 7.13. The zero-order chi connectivity index (χ0) is 23.0. The molecule has 0 fully saturated rings. The topological polar surface area (TPSA) is 35.5 Å². The predicted octanol–water partition coefficient (Wildman–Crippen LogP) is 6.65. The summed E-state index contributed by atoms with van der Waals surface area (Å²) < 4.78 is 12.1. The Bertz CT molecular complexity index is 1220. The molecule has 1 atom stereocenters. The van der Waals surface area contributed by atoms with Crippen LogP contribution in [0.25, 0.3) is 0 Å². The second kappa shape index (κ2) is 13.0. The molecule has 0 aliphatic heterocycles. The van der Waals surface area contributed by atoms with Gasteiger partial charge in [-0.3, -0.25) is 4.79 Å². The van der Waals surface area contributed by atoms with Crippen molar-refractivity contribution in [1.82, 2.24) is 0 Å². The number of hydrogen-bond donors (Lipinski definition) is 0. The monoisotopic (exact) mass is 502 g/mol. The summed E-state index contributed by atoms with van der Waals surface area (Å²) in [5.41, 5.74) is 2.28. The number of benzene rings is 4. The first kappa shape index (κ1) is 26.4. The van der Waals surface area contributed by atoms with Gasteiger partial charge in [-0.25, -0.2) is 0 Å². The molecular formula is C27H22Cl2LiO3P. The molecular weight excluding hydrogens is 481 g/mol. The predicted molar refractivity (Wildman–Crippen MR) is 144 cm³/mol. The van der Waals surface area contributed by atoms with E-state index in [4.69, 9.17) is 32.7 Å². The van der Waals surface area contributed by atoms with E-state index >= 15 is 0 Å². The molecule has 0 saturated heterocycles. The minimum atomic E-state index is -0.202. The first-order valence-electron chi connectivity index (χ1n) is 10.3. The molecule has 4 aromatic carbocycles. The van der Waals surface area contributed by atoms with Gasteiger partial charge in [0, 0.05) is 11.4 Å². The van der Waals surface area contributed by atoms with Crippen molar-refractivity contribution >= 4 is 61.5 Å². The quantitative estimate of drug-likeness (QED) is 0.190. The van der Waals surface area contributed by atoms with Crippen LogP contribution in [-0.2, 0) is 13.2 Å². The second-order valence-electron chi connectivity index (χ2n) is 7.26. The van der Waals surface area contributed by atoms with E-state index in [1.165, 1.54) is 0 Å². The fourth-order valence-corrected chi connectivity index (χ4v) is 4.99. The van der Waals surface area contributed by atoms with Crippen molar-refractivity contribution in [2.24, 2.45) is 0 Å². The van der Waals surface area contributed by atoms with Gasteiger partial charge in [-0.15, -0.1) is 0 Å². The number of ether oxygens (including phenoxy) is 2. The van der Waals surface area contributed by atoms with Crippen LogP contribution in [0, 0.1) is 0 Å². The third-order valence-corrected chi connectivity index (χ3v) is 6.67. The van der Waals surface area contributed by atoms with Crippen molar-refractivity contribution in [3.63, 3.8) is 0 Å². The van der Waals surface area contributed by atoms with Crippen molar-refractivity contribution in [3.8, 4) is 11.5 Å². The Morgan fingerprint density at radius 3 is 1.85 bits per heavy atom. The van der Waals surface area contributed by atoms with E-state index in [-0.39, 0.29) is 33.0 Å². The van der Waals surface area contributed by atoms with Gasteiger partial charge in [0.05, 0.1) is 15.6 Å². The Labute approximate surface area is 223 Å². The van der Waals surface area contributed by atoms with E-state index in [0.717, 1.165) is 16.4 Å². The Balaban J connectivity index is 0.00000324. The summed E-state index contributed by atoms with van der Waals surface area (Å²) in [6.07, 6.45) is 0. The second-order valence-corrected chi connectivity index (χ2v) is 9.31. The van der Waals surface area contributed by atoms with Crippen molar-refractivity contribution in [2.45, 2.75) is 13.2 Å². The standard InChI is InChI=1S/C27H21Cl2O3P.Li.H/c28-22-12-7-13-23(29)26(22)27(30)33-25-15-14-21(31-17-19-8-3-1-4-9-19)16-24(25)32-18-20-10-5-2-6-11-20;;/h1-16,33H,17-18H2;;. The molecule has 0 aromatic heterocycles. The molecule has 0 saturated carbocycles. The summed E-state index contributed by atoms with van der Waals surface area (Å²) in [7, 11) is -0.202. The first-order valence-corrected chi connectivity index (χ1v) is 12.1. The van der Waals surface area contributed by atoms with Gasteiger partial charge in [0.1, 0.15) is 24.7 Å². The summed E-state index contributed by atoms with van der Waals surface area (Å²) >= 11 is 12.5. The van der Waals surface area contributed by atoms with Crippen LogP contribution in [0.3, 0.4) is 0 Å². The summed E-state index contributed by atoms with van der Waals surface area (Å²) in [5.74, 6) is 1.26. The van der Waals surface area contributed by atoms with Crippen LogP contribution in [-0.4, -0.2) is 24.4 Å².